The highest BCUT2D eigenvalue weighted by atomic mass is 35.5. The monoisotopic (exact) mass is 398 g/mol. The highest BCUT2D eigenvalue weighted by molar-refractivity contribution is 6.32. The van der Waals surface area contributed by atoms with E-state index in [1.54, 1.807) is 6.92 Å². The van der Waals surface area contributed by atoms with Crippen LogP contribution in [0.15, 0.2) is 0 Å². The van der Waals surface area contributed by atoms with Gasteiger partial charge in [-0.05, 0) is 32.6 Å². The second kappa shape index (κ2) is 9.21. The fourth-order valence-corrected chi connectivity index (χ4v) is 3.35. The summed E-state index contributed by atoms with van der Waals surface area (Å²) in [6.07, 6.45) is 2.81. The standard InChI is InChI=1S/C18H27ClN4O4/c1-10(2)9-23-15(19)14(11(3)22-23)17(25)27-12(4)16(24)21-18(26)20-13-7-5-6-8-13/h10,12-13H,5-9H2,1-4H3,(H2,20,21,24,26)/t12-/m0/s1. The summed E-state index contributed by atoms with van der Waals surface area (Å²) in [7, 11) is 0. The zero-order valence-electron chi connectivity index (χ0n) is 16.2. The fraction of sp³-hybridized carbons (Fsp3) is 0.667. The van der Waals surface area contributed by atoms with Gasteiger partial charge in [-0.15, -0.1) is 0 Å². The number of amides is 3. The smallest absolute Gasteiger partial charge is 0.343 e. The van der Waals surface area contributed by atoms with Crippen molar-refractivity contribution in [2.75, 3.05) is 0 Å². The average molecular weight is 399 g/mol. The van der Waals surface area contributed by atoms with E-state index in [2.05, 4.69) is 15.7 Å². The maximum Gasteiger partial charge on any atom is 0.343 e. The van der Waals surface area contributed by atoms with Crippen LogP contribution < -0.4 is 10.6 Å². The molecule has 27 heavy (non-hydrogen) atoms. The van der Waals surface area contributed by atoms with Crippen LogP contribution in [0.1, 0.15) is 62.5 Å². The van der Waals surface area contributed by atoms with E-state index in [-0.39, 0.29) is 16.8 Å². The van der Waals surface area contributed by atoms with E-state index in [9.17, 15) is 14.4 Å². The van der Waals surface area contributed by atoms with Gasteiger partial charge in [-0.25, -0.2) is 9.59 Å². The molecule has 0 aliphatic heterocycles. The normalized spacial score (nSPS) is 15.6. The molecule has 1 aliphatic carbocycles. The number of rotatable bonds is 6. The van der Waals surface area contributed by atoms with Crippen molar-refractivity contribution in [3.05, 3.63) is 16.4 Å². The van der Waals surface area contributed by atoms with Crippen molar-refractivity contribution in [3.63, 3.8) is 0 Å². The summed E-state index contributed by atoms with van der Waals surface area (Å²) in [4.78, 5) is 36.4. The van der Waals surface area contributed by atoms with Gasteiger partial charge in [0.25, 0.3) is 5.91 Å². The Morgan fingerprint density at radius 1 is 1.26 bits per heavy atom. The number of hydrogen-bond donors (Lipinski definition) is 2. The fourth-order valence-electron chi connectivity index (χ4n) is 3.03. The van der Waals surface area contributed by atoms with Crippen LogP contribution in [-0.4, -0.2) is 39.8 Å². The molecule has 0 bridgehead atoms. The topological polar surface area (TPSA) is 102 Å². The molecule has 1 heterocycles. The van der Waals surface area contributed by atoms with Gasteiger partial charge in [0, 0.05) is 12.6 Å². The number of carbonyl (C=O) groups excluding carboxylic acids is 3. The Morgan fingerprint density at radius 2 is 1.89 bits per heavy atom. The van der Waals surface area contributed by atoms with E-state index in [1.807, 2.05) is 13.8 Å². The molecule has 0 saturated heterocycles. The number of ether oxygens (including phenoxy) is 1. The highest BCUT2D eigenvalue weighted by Gasteiger charge is 2.27. The SMILES string of the molecule is Cc1nn(CC(C)C)c(Cl)c1C(=O)O[C@@H](C)C(=O)NC(=O)NC1CCCC1. The third-order valence-corrected chi connectivity index (χ3v) is 4.77. The lowest BCUT2D eigenvalue weighted by Crippen LogP contribution is -2.47. The maximum absolute atomic E-state index is 12.4. The third-order valence-electron chi connectivity index (χ3n) is 4.39. The zero-order valence-corrected chi connectivity index (χ0v) is 16.9. The van der Waals surface area contributed by atoms with Gasteiger partial charge in [0.1, 0.15) is 10.7 Å². The molecule has 1 saturated carbocycles. The van der Waals surface area contributed by atoms with E-state index < -0.39 is 24.0 Å². The van der Waals surface area contributed by atoms with E-state index in [1.165, 1.54) is 11.6 Å². The summed E-state index contributed by atoms with van der Waals surface area (Å²) in [5, 5.41) is 9.37. The largest absolute Gasteiger partial charge is 0.449 e. The van der Waals surface area contributed by atoms with Crippen molar-refractivity contribution < 1.29 is 19.1 Å². The number of aryl methyl sites for hydroxylation is 1. The average Bonchev–Trinajstić information content (AvgIpc) is 3.15. The van der Waals surface area contributed by atoms with Gasteiger partial charge in [0.2, 0.25) is 0 Å². The number of imide groups is 1. The number of hydrogen-bond acceptors (Lipinski definition) is 5. The molecular weight excluding hydrogens is 372 g/mol. The first kappa shape index (κ1) is 21.2. The number of aromatic nitrogens is 2. The van der Waals surface area contributed by atoms with E-state index in [0.717, 1.165) is 25.7 Å². The number of esters is 1. The van der Waals surface area contributed by atoms with Crippen LogP contribution in [0.25, 0.3) is 0 Å². The Morgan fingerprint density at radius 3 is 2.48 bits per heavy atom. The van der Waals surface area contributed by atoms with Crippen molar-refractivity contribution in [2.45, 2.75) is 72.1 Å². The Kier molecular flexibility index (Phi) is 7.24. The van der Waals surface area contributed by atoms with Crippen LogP contribution in [0, 0.1) is 12.8 Å². The first-order valence-corrected chi connectivity index (χ1v) is 9.62. The van der Waals surface area contributed by atoms with Crippen LogP contribution in [0.4, 0.5) is 4.79 Å². The van der Waals surface area contributed by atoms with Crippen LogP contribution in [0.5, 0.6) is 0 Å². The summed E-state index contributed by atoms with van der Waals surface area (Å²) in [6, 6.07) is -0.488. The quantitative estimate of drug-likeness (QED) is 0.717. The lowest BCUT2D eigenvalue weighted by atomic mass is 10.2. The molecule has 1 atom stereocenters. The van der Waals surface area contributed by atoms with Gasteiger partial charge in [-0.3, -0.25) is 14.8 Å². The number of urea groups is 1. The Balaban J connectivity index is 1.93. The summed E-state index contributed by atoms with van der Waals surface area (Å²) in [5.41, 5.74) is 0.560. The molecule has 8 nitrogen and oxygen atoms in total. The Bertz CT molecular complexity index is 710. The molecule has 150 valence electrons. The molecule has 1 aliphatic rings. The molecule has 1 aromatic rings. The van der Waals surface area contributed by atoms with Gasteiger partial charge in [-0.1, -0.05) is 38.3 Å². The predicted molar refractivity (Wildman–Crippen MR) is 101 cm³/mol. The molecule has 0 unspecified atom stereocenters. The Hall–Kier alpha value is -2.09. The molecule has 1 aromatic heterocycles. The molecule has 1 fully saturated rings. The van der Waals surface area contributed by atoms with E-state index in [0.29, 0.717) is 18.2 Å². The van der Waals surface area contributed by atoms with Crippen molar-refractivity contribution in [1.29, 1.82) is 0 Å². The highest BCUT2D eigenvalue weighted by Crippen LogP contribution is 2.22. The number of halogens is 1. The first-order valence-electron chi connectivity index (χ1n) is 9.24. The lowest BCUT2D eigenvalue weighted by Gasteiger charge is -2.15. The van der Waals surface area contributed by atoms with Crippen molar-refractivity contribution in [1.82, 2.24) is 20.4 Å². The second-order valence-electron chi connectivity index (χ2n) is 7.32. The lowest BCUT2D eigenvalue weighted by molar-refractivity contribution is -0.127. The van der Waals surface area contributed by atoms with Crippen molar-refractivity contribution in [2.24, 2.45) is 5.92 Å². The van der Waals surface area contributed by atoms with Crippen molar-refractivity contribution >= 4 is 29.5 Å². The van der Waals surface area contributed by atoms with Gasteiger partial charge < -0.3 is 10.1 Å². The molecule has 2 rings (SSSR count). The molecular formula is C18H27ClN4O4. The number of carbonyl (C=O) groups is 3. The van der Waals surface area contributed by atoms with Crippen LogP contribution in [0.2, 0.25) is 5.15 Å². The van der Waals surface area contributed by atoms with Gasteiger partial charge in [0.15, 0.2) is 6.10 Å². The molecule has 2 N–H and O–H groups in total. The number of nitrogens with zero attached hydrogens (tertiary/aromatic N) is 2. The van der Waals surface area contributed by atoms with Crippen molar-refractivity contribution in [3.8, 4) is 0 Å². The first-order chi connectivity index (χ1) is 12.7. The molecule has 9 heteroatoms. The molecule has 0 aromatic carbocycles. The minimum Gasteiger partial charge on any atom is -0.449 e. The van der Waals surface area contributed by atoms with E-state index in [4.69, 9.17) is 16.3 Å². The van der Waals surface area contributed by atoms with Gasteiger partial charge in [0.05, 0.1) is 5.69 Å². The summed E-state index contributed by atoms with van der Waals surface area (Å²) < 4.78 is 6.72. The molecule has 0 spiro atoms. The summed E-state index contributed by atoms with van der Waals surface area (Å²) in [5.74, 6) is -1.14. The van der Waals surface area contributed by atoms with Crippen LogP contribution >= 0.6 is 11.6 Å². The van der Waals surface area contributed by atoms with Gasteiger partial charge >= 0.3 is 12.0 Å². The molecule has 0 radical (unpaired) electrons. The number of nitrogens with one attached hydrogen (secondary N) is 2. The predicted octanol–water partition coefficient (Wildman–Crippen LogP) is 2.81. The van der Waals surface area contributed by atoms with Crippen LogP contribution in [0.3, 0.4) is 0 Å². The van der Waals surface area contributed by atoms with E-state index >= 15 is 0 Å². The zero-order chi connectivity index (χ0) is 20.1. The maximum atomic E-state index is 12.4. The Labute approximate surface area is 164 Å². The third kappa shape index (κ3) is 5.69. The van der Waals surface area contributed by atoms with Crippen LogP contribution in [-0.2, 0) is 16.1 Å². The second-order valence-corrected chi connectivity index (χ2v) is 7.68. The summed E-state index contributed by atoms with van der Waals surface area (Å²) >= 11 is 6.25. The molecule has 3 amide bonds. The summed E-state index contributed by atoms with van der Waals surface area (Å²) in [6.45, 7) is 7.63. The minimum absolute atomic E-state index is 0.0870. The minimum atomic E-state index is -1.14. The van der Waals surface area contributed by atoms with Gasteiger partial charge in [-0.2, -0.15) is 5.10 Å².